The van der Waals surface area contributed by atoms with Gasteiger partial charge in [-0.1, -0.05) is 30.3 Å². The van der Waals surface area contributed by atoms with E-state index in [4.69, 9.17) is 5.11 Å². The first kappa shape index (κ1) is 14.1. The Kier molecular flexibility index (Phi) is 4.79. The number of carbonyl (C=O) groups excluding carboxylic acids is 1. The monoisotopic (exact) mass is 287 g/mol. The lowest BCUT2D eigenvalue weighted by molar-refractivity contribution is -0.113. The largest absolute Gasteiger partial charge is 0.478 e. The quantitative estimate of drug-likeness (QED) is 0.829. The molecule has 4 nitrogen and oxygen atoms in total. The number of anilines is 1. The Bertz CT molecular complexity index is 614. The molecule has 0 fully saturated rings. The fraction of sp³-hybridized carbons (Fsp3) is 0.0667. The van der Waals surface area contributed by atoms with Crippen molar-refractivity contribution in [1.82, 2.24) is 0 Å². The molecule has 102 valence electrons. The molecule has 0 bridgehead atoms. The molecule has 0 spiro atoms. The van der Waals surface area contributed by atoms with Crippen LogP contribution in [0.15, 0.2) is 59.5 Å². The summed E-state index contributed by atoms with van der Waals surface area (Å²) < 4.78 is 0. The molecule has 0 unspecified atom stereocenters. The van der Waals surface area contributed by atoms with Gasteiger partial charge in [-0.25, -0.2) is 4.79 Å². The lowest BCUT2D eigenvalue weighted by atomic mass is 10.2. The molecule has 0 aliphatic heterocycles. The summed E-state index contributed by atoms with van der Waals surface area (Å²) in [7, 11) is 0. The SMILES string of the molecule is O=C(CSc1ccccc1C(=O)O)Nc1ccccc1. The third kappa shape index (κ3) is 3.86. The number of carboxylic acid groups (broad SMARTS) is 1. The molecular weight excluding hydrogens is 274 g/mol. The van der Waals surface area contributed by atoms with Gasteiger partial charge < -0.3 is 10.4 Å². The Morgan fingerprint density at radius 1 is 1.00 bits per heavy atom. The van der Waals surface area contributed by atoms with E-state index in [2.05, 4.69) is 5.32 Å². The van der Waals surface area contributed by atoms with E-state index in [-0.39, 0.29) is 17.2 Å². The van der Waals surface area contributed by atoms with Crippen LogP contribution in [0.2, 0.25) is 0 Å². The van der Waals surface area contributed by atoms with Gasteiger partial charge in [0.25, 0.3) is 0 Å². The van der Waals surface area contributed by atoms with Gasteiger partial charge in [0.2, 0.25) is 5.91 Å². The second-order valence-electron chi connectivity index (χ2n) is 4.00. The summed E-state index contributed by atoms with van der Waals surface area (Å²) in [5.74, 6) is -0.989. The third-order valence-electron chi connectivity index (χ3n) is 2.53. The molecule has 5 heteroatoms. The number of hydrogen-bond acceptors (Lipinski definition) is 3. The van der Waals surface area contributed by atoms with Gasteiger partial charge in [0.15, 0.2) is 0 Å². The standard InChI is InChI=1S/C15H13NO3S/c17-14(16-11-6-2-1-3-7-11)10-20-13-9-5-4-8-12(13)15(18)19/h1-9H,10H2,(H,16,17)(H,18,19). The van der Waals surface area contributed by atoms with Crippen molar-refractivity contribution in [2.45, 2.75) is 4.90 Å². The van der Waals surface area contributed by atoms with Crippen molar-refractivity contribution in [2.75, 3.05) is 11.1 Å². The highest BCUT2D eigenvalue weighted by Crippen LogP contribution is 2.22. The highest BCUT2D eigenvalue weighted by atomic mass is 32.2. The van der Waals surface area contributed by atoms with Crippen molar-refractivity contribution in [1.29, 1.82) is 0 Å². The summed E-state index contributed by atoms with van der Waals surface area (Å²) in [6, 6.07) is 15.8. The van der Waals surface area contributed by atoms with Crippen molar-refractivity contribution in [2.24, 2.45) is 0 Å². The molecule has 0 aromatic heterocycles. The van der Waals surface area contributed by atoms with E-state index >= 15 is 0 Å². The summed E-state index contributed by atoms with van der Waals surface area (Å²) in [5, 5.41) is 11.8. The van der Waals surface area contributed by atoms with E-state index < -0.39 is 5.97 Å². The second-order valence-corrected chi connectivity index (χ2v) is 5.02. The number of para-hydroxylation sites is 1. The minimum atomic E-state index is -0.989. The van der Waals surface area contributed by atoms with E-state index in [0.29, 0.717) is 4.90 Å². The van der Waals surface area contributed by atoms with Crippen molar-refractivity contribution in [3.8, 4) is 0 Å². The van der Waals surface area contributed by atoms with Crippen LogP contribution in [0.5, 0.6) is 0 Å². The predicted molar refractivity (Wildman–Crippen MR) is 79.2 cm³/mol. The van der Waals surface area contributed by atoms with Crippen LogP contribution in [0, 0.1) is 0 Å². The van der Waals surface area contributed by atoms with Crippen LogP contribution in [0.25, 0.3) is 0 Å². The van der Waals surface area contributed by atoms with Crippen LogP contribution in [-0.2, 0) is 4.79 Å². The molecule has 0 aliphatic rings. The van der Waals surface area contributed by atoms with Crippen LogP contribution >= 0.6 is 11.8 Å². The Balaban J connectivity index is 1.96. The van der Waals surface area contributed by atoms with Gasteiger partial charge in [-0.2, -0.15) is 0 Å². The Morgan fingerprint density at radius 3 is 2.35 bits per heavy atom. The third-order valence-corrected chi connectivity index (χ3v) is 3.61. The van der Waals surface area contributed by atoms with Gasteiger partial charge in [-0.05, 0) is 24.3 Å². The Labute approximate surface area is 120 Å². The lowest BCUT2D eigenvalue weighted by Crippen LogP contribution is -2.14. The summed E-state index contributed by atoms with van der Waals surface area (Å²) in [4.78, 5) is 23.4. The summed E-state index contributed by atoms with van der Waals surface area (Å²) in [5.41, 5.74) is 0.939. The number of thioether (sulfide) groups is 1. The molecule has 2 rings (SSSR count). The number of benzene rings is 2. The first-order valence-electron chi connectivity index (χ1n) is 5.97. The van der Waals surface area contributed by atoms with E-state index in [1.807, 2.05) is 18.2 Å². The lowest BCUT2D eigenvalue weighted by Gasteiger charge is -2.06. The highest BCUT2D eigenvalue weighted by Gasteiger charge is 2.11. The minimum absolute atomic E-state index is 0.165. The smallest absolute Gasteiger partial charge is 0.336 e. The maximum absolute atomic E-state index is 11.8. The van der Waals surface area contributed by atoms with E-state index in [0.717, 1.165) is 5.69 Å². The van der Waals surface area contributed by atoms with Crippen LogP contribution in [0.4, 0.5) is 5.69 Å². The molecule has 2 N–H and O–H groups in total. The van der Waals surface area contributed by atoms with Crippen molar-refractivity contribution >= 4 is 29.3 Å². The van der Waals surface area contributed by atoms with Crippen molar-refractivity contribution < 1.29 is 14.7 Å². The molecule has 2 aromatic rings. The van der Waals surface area contributed by atoms with E-state index in [9.17, 15) is 9.59 Å². The zero-order valence-electron chi connectivity index (χ0n) is 10.6. The molecule has 0 heterocycles. The number of carboxylic acids is 1. The van der Waals surface area contributed by atoms with Gasteiger partial charge in [0.05, 0.1) is 11.3 Å². The number of rotatable bonds is 5. The maximum Gasteiger partial charge on any atom is 0.336 e. The summed E-state index contributed by atoms with van der Waals surface area (Å²) in [6.45, 7) is 0. The van der Waals surface area contributed by atoms with E-state index in [1.165, 1.54) is 17.8 Å². The van der Waals surface area contributed by atoms with E-state index in [1.54, 1.807) is 30.3 Å². The Morgan fingerprint density at radius 2 is 1.65 bits per heavy atom. The van der Waals surface area contributed by atoms with Crippen molar-refractivity contribution in [3.05, 3.63) is 60.2 Å². The number of carbonyl (C=O) groups is 2. The topological polar surface area (TPSA) is 66.4 Å². The van der Waals surface area contributed by atoms with Gasteiger partial charge in [-0.3, -0.25) is 4.79 Å². The summed E-state index contributed by atoms with van der Waals surface area (Å²) in [6.07, 6.45) is 0. The zero-order valence-corrected chi connectivity index (χ0v) is 11.4. The van der Waals surface area contributed by atoms with Crippen LogP contribution in [-0.4, -0.2) is 22.7 Å². The first-order chi connectivity index (χ1) is 9.66. The number of amides is 1. The molecule has 2 aromatic carbocycles. The molecule has 20 heavy (non-hydrogen) atoms. The molecular formula is C15H13NO3S. The number of aromatic carboxylic acids is 1. The number of hydrogen-bond donors (Lipinski definition) is 2. The molecule has 0 saturated heterocycles. The molecule has 1 amide bonds. The van der Waals surface area contributed by atoms with Crippen LogP contribution in [0.1, 0.15) is 10.4 Å². The average molecular weight is 287 g/mol. The number of nitrogens with one attached hydrogen (secondary N) is 1. The van der Waals surface area contributed by atoms with Gasteiger partial charge in [0.1, 0.15) is 0 Å². The highest BCUT2D eigenvalue weighted by molar-refractivity contribution is 8.00. The van der Waals surface area contributed by atoms with Gasteiger partial charge in [-0.15, -0.1) is 11.8 Å². The second kappa shape index (κ2) is 6.77. The van der Waals surface area contributed by atoms with Crippen molar-refractivity contribution in [3.63, 3.8) is 0 Å². The van der Waals surface area contributed by atoms with Gasteiger partial charge >= 0.3 is 5.97 Å². The molecule has 0 atom stereocenters. The fourth-order valence-electron chi connectivity index (χ4n) is 1.63. The Hall–Kier alpha value is -2.27. The first-order valence-corrected chi connectivity index (χ1v) is 6.95. The molecule has 0 saturated carbocycles. The molecule has 0 aliphatic carbocycles. The fourth-order valence-corrected chi connectivity index (χ4v) is 2.48. The molecule has 0 radical (unpaired) electrons. The average Bonchev–Trinajstić information content (AvgIpc) is 2.46. The van der Waals surface area contributed by atoms with Crippen LogP contribution < -0.4 is 5.32 Å². The predicted octanol–water partition coefficient (Wildman–Crippen LogP) is 3.12. The minimum Gasteiger partial charge on any atom is -0.478 e. The normalized spacial score (nSPS) is 10.0. The maximum atomic E-state index is 11.8. The van der Waals surface area contributed by atoms with Crippen LogP contribution in [0.3, 0.4) is 0 Å². The summed E-state index contributed by atoms with van der Waals surface area (Å²) >= 11 is 1.21. The van der Waals surface area contributed by atoms with Gasteiger partial charge in [0, 0.05) is 10.6 Å². The zero-order chi connectivity index (χ0) is 14.4.